The van der Waals surface area contributed by atoms with E-state index in [0.29, 0.717) is 71.0 Å². The molecule has 35 heavy (non-hydrogen) atoms. The molecule has 2 aliphatic rings. The Hall–Kier alpha value is -2.93. The minimum Gasteiger partial charge on any atom is -0.493 e. The molecule has 2 aromatic rings. The van der Waals surface area contributed by atoms with Crippen molar-refractivity contribution >= 4 is 11.8 Å². The molecule has 2 heterocycles. The predicted molar refractivity (Wildman–Crippen MR) is 132 cm³/mol. The molecule has 0 spiro atoms. The summed E-state index contributed by atoms with van der Waals surface area (Å²) in [5.74, 6) is 0.357. The van der Waals surface area contributed by atoms with Gasteiger partial charge in [-0.05, 0) is 49.1 Å². The zero-order valence-corrected chi connectivity index (χ0v) is 20.5. The lowest BCUT2D eigenvalue weighted by Gasteiger charge is -2.43. The Morgan fingerprint density at radius 2 is 1.63 bits per heavy atom. The molecule has 2 fully saturated rings. The minimum absolute atomic E-state index is 0.103. The van der Waals surface area contributed by atoms with Gasteiger partial charge in [0.25, 0.3) is 0 Å². The maximum absolute atomic E-state index is 13.4. The first-order valence-electron chi connectivity index (χ1n) is 12.6. The van der Waals surface area contributed by atoms with Gasteiger partial charge in [0.05, 0.1) is 25.7 Å². The molecule has 0 bridgehead atoms. The molecule has 0 unspecified atom stereocenters. The average molecular weight is 483 g/mol. The molecule has 188 valence electrons. The lowest BCUT2D eigenvalue weighted by molar-refractivity contribution is -0.141. The van der Waals surface area contributed by atoms with Crippen LogP contribution in [0.2, 0.25) is 0 Å². The van der Waals surface area contributed by atoms with Crippen molar-refractivity contribution in [2.45, 2.75) is 38.5 Å². The van der Waals surface area contributed by atoms with Gasteiger partial charge < -0.3 is 19.3 Å². The first-order chi connectivity index (χ1) is 17.0. The highest BCUT2D eigenvalue weighted by molar-refractivity contribution is 5.84. The van der Waals surface area contributed by atoms with Gasteiger partial charge in [-0.15, -0.1) is 0 Å². The van der Waals surface area contributed by atoms with Crippen LogP contribution in [-0.4, -0.2) is 67.6 Å². The molecule has 2 aliphatic heterocycles. The smallest absolute Gasteiger partial charge is 0.230 e. The number of hydrogen-bond donors (Lipinski definition) is 0. The van der Waals surface area contributed by atoms with E-state index in [0.717, 1.165) is 12.0 Å². The second-order valence-corrected chi connectivity index (χ2v) is 9.61. The highest BCUT2D eigenvalue weighted by atomic mass is 19.1. The number of amides is 2. The zero-order chi connectivity index (χ0) is 24.7. The lowest BCUT2D eigenvalue weighted by Crippen LogP contribution is -2.50. The summed E-state index contributed by atoms with van der Waals surface area (Å²) in [5, 5.41) is 0. The third-order valence-electron chi connectivity index (χ3n) is 7.29. The van der Waals surface area contributed by atoms with Crippen molar-refractivity contribution in [1.82, 2.24) is 9.80 Å². The molecule has 0 saturated carbocycles. The standard InChI is InChI=1S/C28H35FN2O4/c1-2-25(22-6-4-3-5-7-22)27(33)31-14-12-28(13-15-31,20-26(32)30-16-18-34-19-17-30)21-35-24-10-8-23(29)9-11-24/h3-11,25H,2,12-21H2,1H3/t25-/m1/s1. The van der Waals surface area contributed by atoms with Gasteiger partial charge in [0.1, 0.15) is 11.6 Å². The van der Waals surface area contributed by atoms with Crippen molar-refractivity contribution in [3.8, 4) is 5.75 Å². The van der Waals surface area contributed by atoms with Crippen LogP contribution in [0.1, 0.15) is 44.1 Å². The van der Waals surface area contributed by atoms with E-state index in [1.54, 1.807) is 12.1 Å². The Labute approximate surface area is 207 Å². The average Bonchev–Trinajstić information content (AvgIpc) is 2.90. The highest BCUT2D eigenvalue weighted by Crippen LogP contribution is 2.38. The SMILES string of the molecule is CC[C@@H](C(=O)N1CCC(COc2ccc(F)cc2)(CC(=O)N2CCOCC2)CC1)c1ccccc1. The number of carbonyl (C=O) groups excluding carboxylic acids is 2. The van der Waals surface area contributed by atoms with E-state index < -0.39 is 0 Å². The fourth-order valence-electron chi connectivity index (χ4n) is 5.04. The van der Waals surface area contributed by atoms with E-state index in [4.69, 9.17) is 9.47 Å². The molecule has 0 aliphatic carbocycles. The Kier molecular flexibility index (Phi) is 8.39. The summed E-state index contributed by atoms with van der Waals surface area (Å²) >= 11 is 0. The van der Waals surface area contributed by atoms with Gasteiger partial charge in [-0.1, -0.05) is 37.3 Å². The van der Waals surface area contributed by atoms with Crippen LogP contribution >= 0.6 is 0 Å². The number of benzene rings is 2. The van der Waals surface area contributed by atoms with Crippen molar-refractivity contribution in [1.29, 1.82) is 0 Å². The molecule has 4 rings (SSSR count). The molecular formula is C28H35FN2O4. The molecule has 1 atom stereocenters. The molecule has 6 nitrogen and oxygen atoms in total. The van der Waals surface area contributed by atoms with Gasteiger partial charge in [0.2, 0.25) is 11.8 Å². The number of hydrogen-bond acceptors (Lipinski definition) is 4. The molecule has 0 N–H and O–H groups in total. The quantitative estimate of drug-likeness (QED) is 0.564. The van der Waals surface area contributed by atoms with E-state index in [1.807, 2.05) is 47.1 Å². The Bertz CT molecular complexity index is 968. The highest BCUT2D eigenvalue weighted by Gasteiger charge is 2.40. The van der Waals surface area contributed by atoms with Crippen LogP contribution < -0.4 is 4.74 Å². The zero-order valence-electron chi connectivity index (χ0n) is 20.5. The third-order valence-corrected chi connectivity index (χ3v) is 7.29. The molecule has 2 aromatic carbocycles. The molecule has 7 heteroatoms. The number of halogens is 1. The Morgan fingerprint density at radius 3 is 2.26 bits per heavy atom. The maximum Gasteiger partial charge on any atom is 0.230 e. The van der Waals surface area contributed by atoms with Gasteiger partial charge in [0, 0.05) is 38.0 Å². The van der Waals surface area contributed by atoms with Crippen LogP contribution in [0.15, 0.2) is 54.6 Å². The van der Waals surface area contributed by atoms with E-state index >= 15 is 0 Å². The molecule has 2 saturated heterocycles. The van der Waals surface area contributed by atoms with Crippen molar-refractivity contribution < 1.29 is 23.5 Å². The van der Waals surface area contributed by atoms with Crippen LogP contribution in [-0.2, 0) is 14.3 Å². The number of ether oxygens (including phenoxy) is 2. The van der Waals surface area contributed by atoms with Crippen molar-refractivity contribution in [3.63, 3.8) is 0 Å². The monoisotopic (exact) mass is 482 g/mol. The second-order valence-electron chi connectivity index (χ2n) is 9.61. The predicted octanol–water partition coefficient (Wildman–Crippen LogP) is 4.26. The first-order valence-corrected chi connectivity index (χ1v) is 12.6. The lowest BCUT2D eigenvalue weighted by atomic mass is 9.75. The van der Waals surface area contributed by atoms with Crippen LogP contribution in [0.25, 0.3) is 0 Å². The number of carbonyl (C=O) groups is 2. The minimum atomic E-state index is -0.380. The van der Waals surface area contributed by atoms with Crippen LogP contribution in [0.5, 0.6) is 5.75 Å². The summed E-state index contributed by atoms with van der Waals surface area (Å²) in [4.78, 5) is 30.4. The number of nitrogens with zero attached hydrogens (tertiary/aromatic N) is 2. The summed E-state index contributed by atoms with van der Waals surface area (Å²) in [7, 11) is 0. The van der Waals surface area contributed by atoms with Crippen molar-refractivity contribution in [2.75, 3.05) is 46.0 Å². The fraction of sp³-hybridized carbons (Fsp3) is 0.500. The summed E-state index contributed by atoms with van der Waals surface area (Å²) < 4.78 is 24.8. The normalized spacial score (nSPS) is 18.7. The van der Waals surface area contributed by atoms with Gasteiger partial charge in [-0.3, -0.25) is 9.59 Å². The largest absolute Gasteiger partial charge is 0.493 e. The molecule has 0 radical (unpaired) electrons. The Morgan fingerprint density at radius 1 is 0.971 bits per heavy atom. The summed E-state index contributed by atoms with van der Waals surface area (Å²) in [6.07, 6.45) is 2.47. The number of piperidine rings is 1. The van der Waals surface area contributed by atoms with Gasteiger partial charge in [-0.2, -0.15) is 0 Å². The second kappa shape index (κ2) is 11.7. The summed E-state index contributed by atoms with van der Waals surface area (Å²) in [5.41, 5.74) is 0.661. The van der Waals surface area contributed by atoms with Crippen molar-refractivity contribution in [3.05, 3.63) is 66.0 Å². The number of rotatable bonds is 8. The van der Waals surface area contributed by atoms with Crippen LogP contribution in [0, 0.1) is 11.2 Å². The van der Waals surface area contributed by atoms with Crippen LogP contribution in [0.3, 0.4) is 0 Å². The molecule has 2 amide bonds. The fourth-order valence-corrected chi connectivity index (χ4v) is 5.04. The Balaban J connectivity index is 1.44. The molecule has 0 aromatic heterocycles. The number of likely N-dealkylation sites (tertiary alicyclic amines) is 1. The topological polar surface area (TPSA) is 59.1 Å². The number of morpholine rings is 1. The van der Waals surface area contributed by atoms with E-state index in [2.05, 4.69) is 0 Å². The van der Waals surface area contributed by atoms with E-state index in [9.17, 15) is 14.0 Å². The van der Waals surface area contributed by atoms with Gasteiger partial charge >= 0.3 is 0 Å². The first kappa shape index (κ1) is 25.2. The summed E-state index contributed by atoms with van der Waals surface area (Å²) in [6.45, 7) is 5.90. The summed E-state index contributed by atoms with van der Waals surface area (Å²) in [6, 6.07) is 15.9. The van der Waals surface area contributed by atoms with Gasteiger partial charge in [-0.25, -0.2) is 4.39 Å². The van der Waals surface area contributed by atoms with E-state index in [1.165, 1.54) is 12.1 Å². The molecular weight excluding hydrogens is 447 g/mol. The van der Waals surface area contributed by atoms with Gasteiger partial charge in [0.15, 0.2) is 0 Å². The van der Waals surface area contributed by atoms with Crippen LogP contribution in [0.4, 0.5) is 4.39 Å². The van der Waals surface area contributed by atoms with E-state index in [-0.39, 0.29) is 29.0 Å². The third kappa shape index (κ3) is 6.40. The maximum atomic E-state index is 13.4. The van der Waals surface area contributed by atoms with Crippen molar-refractivity contribution in [2.24, 2.45) is 5.41 Å².